The maximum atomic E-state index is 12.9. The van der Waals surface area contributed by atoms with Crippen LogP contribution in [0, 0.1) is 11.8 Å². The van der Waals surface area contributed by atoms with Crippen LogP contribution in [0.25, 0.3) is 0 Å². The Morgan fingerprint density at radius 3 is 2.46 bits per heavy atom. The van der Waals surface area contributed by atoms with Crippen molar-refractivity contribution in [2.24, 2.45) is 11.8 Å². The van der Waals surface area contributed by atoms with E-state index < -0.39 is 23.3 Å². The molecule has 0 aromatic heterocycles. The first kappa shape index (κ1) is 18.4. The predicted molar refractivity (Wildman–Crippen MR) is 91.8 cm³/mol. The molecule has 2 aliphatic rings. The third kappa shape index (κ3) is 2.58. The number of imide groups is 1. The second kappa shape index (κ2) is 6.72. The summed E-state index contributed by atoms with van der Waals surface area (Å²) in [4.78, 5) is 39.7. The molecule has 0 aliphatic carbocycles. The van der Waals surface area contributed by atoms with E-state index in [-0.39, 0.29) is 30.2 Å². The smallest absolute Gasteiger partial charge is 0.368 e. The summed E-state index contributed by atoms with van der Waals surface area (Å²) in [5, 5.41) is 11.4. The largest absolute Gasteiger partial charge is 0.508 e. The van der Waals surface area contributed by atoms with E-state index in [1.54, 1.807) is 31.2 Å². The molecule has 7 heteroatoms. The lowest BCUT2D eigenvalue weighted by Crippen LogP contribution is -2.98. The highest BCUT2D eigenvalue weighted by molar-refractivity contribution is 6.08. The number of nitrogens with zero attached hydrogens (tertiary/aromatic N) is 1. The Kier molecular flexibility index (Phi) is 4.75. The molecule has 3 rings (SSSR count). The van der Waals surface area contributed by atoms with Gasteiger partial charge in [-0.1, -0.05) is 6.92 Å². The number of hydrogen-bond donors (Lipinski definition) is 2. The van der Waals surface area contributed by atoms with Gasteiger partial charge in [-0.05, 0) is 37.6 Å². The third-order valence-electron chi connectivity index (χ3n) is 5.59. The van der Waals surface area contributed by atoms with Crippen molar-refractivity contribution in [2.45, 2.75) is 38.3 Å². The number of rotatable bonds is 5. The molecule has 0 saturated carbocycles. The summed E-state index contributed by atoms with van der Waals surface area (Å²) in [6.45, 7) is 3.90. The van der Waals surface area contributed by atoms with E-state index in [9.17, 15) is 19.5 Å². The van der Waals surface area contributed by atoms with Crippen molar-refractivity contribution >= 4 is 17.8 Å². The molecule has 0 radical (unpaired) electrons. The van der Waals surface area contributed by atoms with Crippen LogP contribution in [0.4, 0.5) is 0 Å². The molecule has 0 spiro atoms. The van der Waals surface area contributed by atoms with E-state index in [1.807, 2.05) is 12.2 Å². The summed E-state index contributed by atoms with van der Waals surface area (Å²) < 4.78 is 5.32. The van der Waals surface area contributed by atoms with Gasteiger partial charge < -0.3 is 15.2 Å². The maximum Gasteiger partial charge on any atom is 0.368 e. The summed E-state index contributed by atoms with van der Waals surface area (Å²) in [6, 6.07) is 6.19. The van der Waals surface area contributed by atoms with Crippen LogP contribution in [-0.4, -0.2) is 47.0 Å². The van der Waals surface area contributed by atoms with Gasteiger partial charge >= 0.3 is 5.97 Å². The Hall–Kier alpha value is -2.41. The van der Waals surface area contributed by atoms with E-state index in [2.05, 4.69) is 0 Å². The first-order valence-electron chi connectivity index (χ1n) is 9.01. The standard InChI is InChI=1S/C19H24N2O5/c1-4-10-19(18(25)26-5-2)14-13(16(23)21(3)17(14)24)15(20-19)11-6-8-12(22)9-7-11/h6-9,13-15,20,22H,4-5,10H2,1-3H3/p+1/t13-,14-,15-,19+/m0/s1. The number of fused-ring (bicyclic) bond motifs is 1. The zero-order valence-corrected chi connectivity index (χ0v) is 15.3. The number of benzene rings is 1. The second-order valence-corrected chi connectivity index (χ2v) is 7.03. The minimum atomic E-state index is -1.10. The van der Waals surface area contributed by atoms with Crippen molar-refractivity contribution in [3.63, 3.8) is 0 Å². The first-order valence-corrected chi connectivity index (χ1v) is 9.01. The molecule has 140 valence electrons. The summed E-state index contributed by atoms with van der Waals surface area (Å²) in [6.07, 6.45) is 1.14. The molecular formula is C19H25N2O5+. The van der Waals surface area contributed by atoms with Crippen LogP contribution in [0.15, 0.2) is 24.3 Å². The van der Waals surface area contributed by atoms with Gasteiger partial charge in [-0.2, -0.15) is 0 Å². The number of hydrogen-bond acceptors (Lipinski definition) is 5. The molecule has 0 bridgehead atoms. The normalized spacial score (nSPS) is 30.6. The molecule has 0 unspecified atom stereocenters. The summed E-state index contributed by atoms with van der Waals surface area (Å²) in [5.74, 6) is -2.25. The number of nitrogens with two attached hydrogens (primary N) is 1. The fraction of sp³-hybridized carbons (Fsp3) is 0.526. The van der Waals surface area contributed by atoms with Crippen molar-refractivity contribution in [1.29, 1.82) is 0 Å². The molecule has 2 saturated heterocycles. The Labute approximate surface area is 152 Å². The average molecular weight is 361 g/mol. The molecule has 2 heterocycles. The van der Waals surface area contributed by atoms with Crippen LogP contribution >= 0.6 is 0 Å². The van der Waals surface area contributed by atoms with Gasteiger partial charge in [-0.25, -0.2) is 4.79 Å². The monoisotopic (exact) mass is 361 g/mol. The Bertz CT molecular complexity index is 732. The Balaban J connectivity index is 2.11. The molecule has 1 aromatic rings. The van der Waals surface area contributed by atoms with E-state index in [0.717, 1.165) is 10.5 Å². The maximum absolute atomic E-state index is 12.9. The van der Waals surface area contributed by atoms with Gasteiger partial charge in [-0.3, -0.25) is 14.5 Å². The number of aromatic hydroxyl groups is 1. The fourth-order valence-corrected chi connectivity index (χ4v) is 4.48. The van der Waals surface area contributed by atoms with Crippen molar-refractivity contribution in [2.75, 3.05) is 13.7 Å². The molecule has 2 amide bonds. The summed E-state index contributed by atoms with van der Waals surface area (Å²) in [5.41, 5.74) is -0.299. The van der Waals surface area contributed by atoms with Gasteiger partial charge in [0.2, 0.25) is 17.4 Å². The predicted octanol–water partition coefficient (Wildman–Crippen LogP) is 0.343. The molecule has 2 aliphatic heterocycles. The molecule has 26 heavy (non-hydrogen) atoms. The minimum absolute atomic E-state index is 0.124. The molecule has 4 atom stereocenters. The minimum Gasteiger partial charge on any atom is -0.508 e. The Morgan fingerprint density at radius 1 is 1.23 bits per heavy atom. The zero-order chi connectivity index (χ0) is 19.1. The van der Waals surface area contributed by atoms with Gasteiger partial charge in [0.25, 0.3) is 0 Å². The lowest BCUT2D eigenvalue weighted by molar-refractivity contribution is -0.735. The topological polar surface area (TPSA) is 101 Å². The first-order chi connectivity index (χ1) is 12.4. The lowest BCUT2D eigenvalue weighted by Gasteiger charge is -2.28. The number of esters is 1. The lowest BCUT2D eigenvalue weighted by atomic mass is 9.77. The van der Waals surface area contributed by atoms with Crippen LogP contribution < -0.4 is 5.32 Å². The van der Waals surface area contributed by atoms with Crippen molar-refractivity contribution < 1.29 is 29.5 Å². The van der Waals surface area contributed by atoms with Gasteiger partial charge in [0, 0.05) is 19.0 Å². The van der Waals surface area contributed by atoms with Gasteiger partial charge in [0.05, 0.1) is 6.61 Å². The number of quaternary nitrogens is 1. The van der Waals surface area contributed by atoms with E-state index >= 15 is 0 Å². The van der Waals surface area contributed by atoms with E-state index in [1.165, 1.54) is 7.05 Å². The highest BCUT2D eigenvalue weighted by atomic mass is 16.5. The zero-order valence-electron chi connectivity index (χ0n) is 15.3. The van der Waals surface area contributed by atoms with Crippen molar-refractivity contribution in [3.05, 3.63) is 29.8 Å². The van der Waals surface area contributed by atoms with Crippen molar-refractivity contribution in [1.82, 2.24) is 4.90 Å². The van der Waals surface area contributed by atoms with Gasteiger partial charge in [0.15, 0.2) is 0 Å². The number of ether oxygens (including phenoxy) is 1. The molecule has 3 N–H and O–H groups in total. The molecule has 2 fully saturated rings. The average Bonchev–Trinajstić information content (AvgIpc) is 3.07. The highest BCUT2D eigenvalue weighted by Gasteiger charge is 2.71. The van der Waals surface area contributed by atoms with Crippen LogP contribution in [0.2, 0.25) is 0 Å². The van der Waals surface area contributed by atoms with Gasteiger partial charge in [-0.15, -0.1) is 0 Å². The molecule has 7 nitrogen and oxygen atoms in total. The third-order valence-corrected chi connectivity index (χ3v) is 5.59. The van der Waals surface area contributed by atoms with Crippen LogP contribution in [0.5, 0.6) is 5.75 Å². The highest BCUT2D eigenvalue weighted by Crippen LogP contribution is 2.45. The summed E-state index contributed by atoms with van der Waals surface area (Å²) in [7, 11) is 1.47. The van der Waals surface area contributed by atoms with Crippen LogP contribution in [0.3, 0.4) is 0 Å². The molecule has 1 aromatic carbocycles. The second-order valence-electron chi connectivity index (χ2n) is 7.03. The fourth-order valence-electron chi connectivity index (χ4n) is 4.48. The van der Waals surface area contributed by atoms with Crippen molar-refractivity contribution in [3.8, 4) is 5.75 Å². The van der Waals surface area contributed by atoms with E-state index in [4.69, 9.17) is 4.74 Å². The van der Waals surface area contributed by atoms with Gasteiger partial charge in [0.1, 0.15) is 23.6 Å². The summed E-state index contributed by atoms with van der Waals surface area (Å²) >= 11 is 0. The quantitative estimate of drug-likeness (QED) is 0.582. The number of carbonyl (C=O) groups excluding carboxylic acids is 3. The van der Waals surface area contributed by atoms with E-state index in [0.29, 0.717) is 12.8 Å². The number of likely N-dealkylation sites (tertiary alicyclic amines) is 1. The number of amides is 2. The Morgan fingerprint density at radius 2 is 1.88 bits per heavy atom. The molecular weight excluding hydrogens is 336 g/mol. The number of phenols is 1. The SMILES string of the molecule is CCC[C@@]1(C(=O)OCC)[NH2+][C@@H](c2ccc(O)cc2)[C@H]2C(=O)N(C)C(=O)[C@H]21. The van der Waals surface area contributed by atoms with Crippen LogP contribution in [0.1, 0.15) is 38.3 Å². The number of phenolic OH excluding ortho intramolecular Hbond substituents is 1. The number of carbonyl (C=O) groups is 3. The van der Waals surface area contributed by atoms with Crippen LogP contribution in [-0.2, 0) is 19.1 Å².